The number of carbonyl (C=O) groups is 1. The molecular weight excluding hydrogens is 359 g/mol. The largest absolute Gasteiger partial charge is 0.449 e. The maximum Gasteiger partial charge on any atom is 0.449 e. The molecule has 136 valence electrons. The molecule has 0 aliphatic heterocycles. The van der Waals surface area contributed by atoms with Gasteiger partial charge in [-0.2, -0.15) is 23.5 Å². The van der Waals surface area contributed by atoms with Gasteiger partial charge in [-0.05, 0) is 29.8 Å². The number of aromatic nitrogens is 2. The molecule has 1 aromatic heterocycles. The second-order valence-electron chi connectivity index (χ2n) is 5.54. The smallest absolute Gasteiger partial charge is 0.311 e. The lowest BCUT2D eigenvalue weighted by molar-refractivity contribution is -0.147. The lowest BCUT2D eigenvalue weighted by atomic mass is 10.2. The SMILES string of the molecule is N#Cc1ccc(C=NNC(=O)Cn2c(C(F)(F)F)nc3ccccc32)cc1. The first-order valence-corrected chi connectivity index (χ1v) is 7.73. The Morgan fingerprint density at radius 1 is 1.22 bits per heavy atom. The second kappa shape index (κ2) is 7.29. The van der Waals surface area contributed by atoms with E-state index in [0.717, 1.165) is 4.57 Å². The molecule has 0 aliphatic rings. The van der Waals surface area contributed by atoms with Crippen molar-refractivity contribution in [1.82, 2.24) is 15.0 Å². The number of imidazole rings is 1. The van der Waals surface area contributed by atoms with Gasteiger partial charge in [0.25, 0.3) is 5.91 Å². The van der Waals surface area contributed by atoms with Crippen LogP contribution >= 0.6 is 0 Å². The normalized spacial score (nSPS) is 11.6. The van der Waals surface area contributed by atoms with Crippen LogP contribution in [-0.4, -0.2) is 21.7 Å². The van der Waals surface area contributed by atoms with E-state index in [9.17, 15) is 18.0 Å². The predicted molar refractivity (Wildman–Crippen MR) is 91.6 cm³/mol. The molecule has 2 aromatic carbocycles. The first-order chi connectivity index (χ1) is 12.9. The summed E-state index contributed by atoms with van der Waals surface area (Å²) in [6.45, 7) is -0.583. The Hall–Kier alpha value is -3.67. The van der Waals surface area contributed by atoms with Gasteiger partial charge in [-0.1, -0.05) is 24.3 Å². The summed E-state index contributed by atoms with van der Waals surface area (Å²) in [6.07, 6.45) is -3.36. The van der Waals surface area contributed by atoms with Gasteiger partial charge in [-0.15, -0.1) is 0 Å². The summed E-state index contributed by atoms with van der Waals surface area (Å²) in [6, 6.07) is 14.4. The molecule has 0 unspecified atom stereocenters. The van der Waals surface area contributed by atoms with Gasteiger partial charge >= 0.3 is 6.18 Å². The van der Waals surface area contributed by atoms with Crippen LogP contribution in [0.4, 0.5) is 13.2 Å². The van der Waals surface area contributed by atoms with Gasteiger partial charge in [0.15, 0.2) is 0 Å². The maximum absolute atomic E-state index is 13.2. The molecule has 0 spiro atoms. The average Bonchev–Trinajstić information content (AvgIpc) is 3.01. The van der Waals surface area contributed by atoms with Crippen molar-refractivity contribution in [2.45, 2.75) is 12.7 Å². The zero-order valence-electron chi connectivity index (χ0n) is 13.7. The van der Waals surface area contributed by atoms with Crippen molar-refractivity contribution >= 4 is 23.2 Å². The quantitative estimate of drug-likeness (QED) is 0.565. The molecule has 0 saturated heterocycles. The average molecular weight is 371 g/mol. The van der Waals surface area contributed by atoms with Gasteiger partial charge in [-0.25, -0.2) is 10.4 Å². The number of amides is 1. The Kier molecular flexibility index (Phi) is 4.90. The predicted octanol–water partition coefficient (Wildman–Crippen LogP) is 3.08. The lowest BCUT2D eigenvalue weighted by Gasteiger charge is -2.10. The van der Waals surface area contributed by atoms with Crippen LogP contribution in [0.5, 0.6) is 0 Å². The molecule has 0 fully saturated rings. The fourth-order valence-electron chi connectivity index (χ4n) is 2.45. The molecule has 6 nitrogen and oxygen atoms in total. The third kappa shape index (κ3) is 4.12. The highest BCUT2D eigenvalue weighted by Gasteiger charge is 2.37. The summed E-state index contributed by atoms with van der Waals surface area (Å²) in [4.78, 5) is 15.6. The van der Waals surface area contributed by atoms with Crippen LogP contribution in [0.1, 0.15) is 17.0 Å². The third-order valence-electron chi connectivity index (χ3n) is 3.65. The number of nitrogens with one attached hydrogen (secondary N) is 1. The number of para-hydroxylation sites is 2. The van der Waals surface area contributed by atoms with Gasteiger partial charge in [0.2, 0.25) is 5.82 Å². The fourth-order valence-corrected chi connectivity index (χ4v) is 2.45. The number of rotatable bonds is 4. The van der Waals surface area contributed by atoms with E-state index in [1.165, 1.54) is 18.3 Å². The minimum Gasteiger partial charge on any atom is -0.311 e. The van der Waals surface area contributed by atoms with Crippen LogP contribution in [-0.2, 0) is 17.5 Å². The number of alkyl halides is 3. The Morgan fingerprint density at radius 3 is 2.59 bits per heavy atom. The zero-order chi connectivity index (χ0) is 19.4. The van der Waals surface area contributed by atoms with Crippen LogP contribution in [0.15, 0.2) is 53.6 Å². The molecular formula is C18H12F3N5O. The molecule has 3 aromatic rings. The highest BCUT2D eigenvalue weighted by molar-refractivity contribution is 5.84. The summed E-state index contributed by atoms with van der Waals surface area (Å²) in [7, 11) is 0. The Morgan fingerprint density at radius 2 is 1.93 bits per heavy atom. The fraction of sp³-hybridized carbons (Fsp3) is 0.111. The number of halogens is 3. The van der Waals surface area contributed by atoms with Crippen LogP contribution in [0.2, 0.25) is 0 Å². The molecule has 0 atom stereocenters. The lowest BCUT2D eigenvalue weighted by Crippen LogP contribution is -2.26. The summed E-state index contributed by atoms with van der Waals surface area (Å²) in [5.74, 6) is -1.87. The van der Waals surface area contributed by atoms with E-state index < -0.39 is 24.5 Å². The van der Waals surface area contributed by atoms with Crippen molar-refractivity contribution in [2.75, 3.05) is 0 Å². The van der Waals surface area contributed by atoms with E-state index in [1.54, 1.807) is 36.4 Å². The zero-order valence-corrected chi connectivity index (χ0v) is 13.7. The standard InChI is InChI=1S/C18H12F3N5O/c19-18(20,21)17-24-14-3-1-2-4-15(14)26(17)11-16(27)25-23-10-13-7-5-12(9-22)6-8-13/h1-8,10H,11H2,(H,25,27). The van der Waals surface area contributed by atoms with Crippen molar-refractivity contribution < 1.29 is 18.0 Å². The van der Waals surface area contributed by atoms with E-state index in [-0.39, 0.29) is 11.0 Å². The van der Waals surface area contributed by atoms with Crippen molar-refractivity contribution in [3.63, 3.8) is 0 Å². The Balaban J connectivity index is 1.76. The summed E-state index contributed by atoms with van der Waals surface area (Å²) in [5.41, 5.74) is 3.65. The van der Waals surface area contributed by atoms with E-state index in [0.29, 0.717) is 11.1 Å². The van der Waals surface area contributed by atoms with E-state index in [2.05, 4.69) is 15.5 Å². The Labute approximate surface area is 151 Å². The number of nitrogens with zero attached hydrogens (tertiary/aromatic N) is 4. The van der Waals surface area contributed by atoms with E-state index >= 15 is 0 Å². The van der Waals surface area contributed by atoms with Crippen LogP contribution < -0.4 is 5.43 Å². The topological polar surface area (TPSA) is 83.1 Å². The number of hydrogen-bond acceptors (Lipinski definition) is 4. The molecule has 0 aliphatic carbocycles. The Bertz CT molecular complexity index is 1050. The molecule has 27 heavy (non-hydrogen) atoms. The van der Waals surface area contributed by atoms with Gasteiger partial charge in [0.05, 0.1) is 28.9 Å². The number of nitriles is 1. The monoisotopic (exact) mass is 371 g/mol. The van der Waals surface area contributed by atoms with E-state index in [1.807, 2.05) is 6.07 Å². The van der Waals surface area contributed by atoms with Gasteiger partial charge < -0.3 is 4.57 Å². The molecule has 3 rings (SSSR count). The highest BCUT2D eigenvalue weighted by atomic mass is 19.4. The third-order valence-corrected chi connectivity index (χ3v) is 3.65. The van der Waals surface area contributed by atoms with Gasteiger partial charge in [0.1, 0.15) is 6.54 Å². The number of hydrazone groups is 1. The molecule has 0 saturated carbocycles. The summed E-state index contributed by atoms with van der Waals surface area (Å²) in [5, 5.41) is 12.5. The summed E-state index contributed by atoms with van der Waals surface area (Å²) < 4.78 is 40.4. The number of benzene rings is 2. The van der Waals surface area contributed by atoms with Crippen molar-refractivity contribution in [1.29, 1.82) is 5.26 Å². The van der Waals surface area contributed by atoms with Crippen LogP contribution in [0.25, 0.3) is 11.0 Å². The van der Waals surface area contributed by atoms with Crippen molar-refractivity contribution in [3.8, 4) is 6.07 Å². The molecule has 1 N–H and O–H groups in total. The van der Waals surface area contributed by atoms with E-state index in [4.69, 9.17) is 5.26 Å². The van der Waals surface area contributed by atoms with Gasteiger partial charge in [-0.3, -0.25) is 4.79 Å². The second-order valence-corrected chi connectivity index (χ2v) is 5.54. The number of carbonyl (C=O) groups excluding carboxylic acids is 1. The maximum atomic E-state index is 13.2. The number of hydrogen-bond donors (Lipinski definition) is 1. The van der Waals surface area contributed by atoms with Gasteiger partial charge in [0, 0.05) is 0 Å². The van der Waals surface area contributed by atoms with Crippen molar-refractivity contribution in [3.05, 3.63) is 65.5 Å². The number of fused-ring (bicyclic) bond motifs is 1. The van der Waals surface area contributed by atoms with Crippen molar-refractivity contribution in [2.24, 2.45) is 5.10 Å². The molecule has 1 heterocycles. The molecule has 1 amide bonds. The first-order valence-electron chi connectivity index (χ1n) is 7.73. The molecule has 0 bridgehead atoms. The molecule has 9 heteroatoms. The van der Waals surface area contributed by atoms with Crippen LogP contribution in [0.3, 0.4) is 0 Å². The minimum absolute atomic E-state index is 0.152. The summed E-state index contributed by atoms with van der Waals surface area (Å²) >= 11 is 0. The highest BCUT2D eigenvalue weighted by Crippen LogP contribution is 2.31. The minimum atomic E-state index is -4.69. The van der Waals surface area contributed by atoms with Crippen LogP contribution in [0, 0.1) is 11.3 Å². The first kappa shape index (κ1) is 18.1. The molecule has 0 radical (unpaired) electrons.